The molecule has 1 unspecified atom stereocenters. The minimum absolute atomic E-state index is 0.0487. The summed E-state index contributed by atoms with van der Waals surface area (Å²) in [5.41, 5.74) is 0.220. The predicted octanol–water partition coefficient (Wildman–Crippen LogP) is 4.91. The molecule has 5 rings (SSSR count). The number of aliphatic hydroxyl groups is 1. The van der Waals surface area contributed by atoms with Gasteiger partial charge in [-0.1, -0.05) is 39.7 Å². The number of halogens is 3. The standard InChI is InChI=1S/C25H18BrClFN3O3/c26-16-7-20-21(22(28)8-16)13-31(24(20)33)25(34-19-9-18(32)10-19,15-2-4-17(27)5-3-15)23-6-1-14(11-29)12-30-23/h1-8,12,18-19,32H,9-10,13H2. The lowest BCUT2D eigenvalue weighted by Crippen LogP contribution is -2.54. The van der Waals surface area contributed by atoms with Crippen molar-refractivity contribution in [2.45, 2.75) is 37.3 Å². The van der Waals surface area contributed by atoms with E-state index in [0.717, 1.165) is 0 Å². The van der Waals surface area contributed by atoms with Gasteiger partial charge in [0.2, 0.25) is 5.72 Å². The fourth-order valence-corrected chi connectivity index (χ4v) is 4.99. The highest BCUT2D eigenvalue weighted by atomic mass is 79.9. The largest absolute Gasteiger partial charge is 0.393 e. The van der Waals surface area contributed by atoms with Crippen molar-refractivity contribution in [1.82, 2.24) is 9.88 Å². The van der Waals surface area contributed by atoms with Gasteiger partial charge in [-0.15, -0.1) is 0 Å². The third-order valence-electron chi connectivity index (χ3n) is 6.21. The lowest BCUT2D eigenvalue weighted by Gasteiger charge is -2.46. The smallest absolute Gasteiger partial charge is 0.257 e. The van der Waals surface area contributed by atoms with Crippen LogP contribution >= 0.6 is 27.5 Å². The molecule has 3 aromatic rings. The van der Waals surface area contributed by atoms with Gasteiger partial charge in [0.05, 0.1) is 30.0 Å². The van der Waals surface area contributed by atoms with Gasteiger partial charge in [0.25, 0.3) is 5.91 Å². The molecule has 1 amide bonds. The van der Waals surface area contributed by atoms with E-state index in [0.29, 0.717) is 39.2 Å². The molecule has 6 nitrogen and oxygen atoms in total. The molecule has 34 heavy (non-hydrogen) atoms. The molecular formula is C25H18BrClFN3O3. The predicted molar refractivity (Wildman–Crippen MR) is 125 cm³/mol. The summed E-state index contributed by atoms with van der Waals surface area (Å²) < 4.78 is 21.9. The van der Waals surface area contributed by atoms with E-state index in [1.165, 1.54) is 17.2 Å². The van der Waals surface area contributed by atoms with Crippen molar-refractivity contribution in [2.75, 3.05) is 0 Å². The average molecular weight is 543 g/mol. The third kappa shape index (κ3) is 3.79. The Morgan fingerprint density at radius 1 is 1.24 bits per heavy atom. The maximum absolute atomic E-state index is 14.9. The van der Waals surface area contributed by atoms with Crippen molar-refractivity contribution in [3.05, 3.63) is 98.0 Å². The Balaban J connectivity index is 1.72. The van der Waals surface area contributed by atoms with E-state index in [1.807, 2.05) is 6.07 Å². The summed E-state index contributed by atoms with van der Waals surface area (Å²) in [7, 11) is 0. The van der Waals surface area contributed by atoms with E-state index in [-0.39, 0.29) is 23.8 Å². The zero-order valence-electron chi connectivity index (χ0n) is 17.7. The summed E-state index contributed by atoms with van der Waals surface area (Å²) >= 11 is 9.42. The lowest BCUT2D eigenvalue weighted by atomic mass is 9.89. The molecule has 0 bridgehead atoms. The molecule has 2 heterocycles. The van der Waals surface area contributed by atoms with Crippen LogP contribution in [0.4, 0.5) is 4.39 Å². The van der Waals surface area contributed by atoms with Gasteiger partial charge in [0, 0.05) is 32.4 Å². The van der Waals surface area contributed by atoms with Crippen LogP contribution < -0.4 is 0 Å². The molecule has 1 atom stereocenters. The van der Waals surface area contributed by atoms with Gasteiger partial charge in [-0.05, 0) is 49.2 Å². The molecule has 1 fully saturated rings. The number of hydrogen-bond acceptors (Lipinski definition) is 5. The van der Waals surface area contributed by atoms with Crippen LogP contribution in [0.5, 0.6) is 0 Å². The fourth-order valence-electron chi connectivity index (χ4n) is 4.43. The van der Waals surface area contributed by atoms with E-state index in [2.05, 4.69) is 20.9 Å². The molecule has 1 saturated carbocycles. The molecular weight excluding hydrogens is 525 g/mol. The van der Waals surface area contributed by atoms with Crippen molar-refractivity contribution < 1.29 is 19.0 Å². The van der Waals surface area contributed by atoms with E-state index in [1.54, 1.807) is 42.5 Å². The number of hydrogen-bond donors (Lipinski definition) is 1. The van der Waals surface area contributed by atoms with Gasteiger partial charge in [0.1, 0.15) is 11.9 Å². The SMILES string of the molecule is N#Cc1ccc(C(OC2CC(O)C2)(c2ccc(Cl)cc2)N2Cc3c(F)cc(Br)cc3C2=O)nc1. The number of aliphatic hydroxyl groups excluding tert-OH is 1. The summed E-state index contributed by atoms with van der Waals surface area (Å²) in [6, 6.07) is 15.0. The lowest BCUT2D eigenvalue weighted by molar-refractivity contribution is -0.195. The molecule has 172 valence electrons. The summed E-state index contributed by atoms with van der Waals surface area (Å²) in [6.45, 7) is -0.0487. The number of amides is 1. The number of fused-ring (bicyclic) bond motifs is 1. The quantitative estimate of drug-likeness (QED) is 0.495. The number of aromatic nitrogens is 1. The Hall–Kier alpha value is -2.83. The zero-order valence-corrected chi connectivity index (χ0v) is 20.1. The van der Waals surface area contributed by atoms with Crippen LogP contribution in [0.25, 0.3) is 0 Å². The fraction of sp³-hybridized carbons (Fsp3) is 0.240. The van der Waals surface area contributed by atoms with Crippen molar-refractivity contribution >= 4 is 33.4 Å². The highest BCUT2D eigenvalue weighted by Crippen LogP contribution is 2.45. The maximum Gasteiger partial charge on any atom is 0.257 e. The number of rotatable bonds is 5. The second kappa shape index (κ2) is 8.75. The maximum atomic E-state index is 14.9. The van der Waals surface area contributed by atoms with Crippen LogP contribution in [-0.4, -0.2) is 33.1 Å². The summed E-state index contributed by atoms with van der Waals surface area (Å²) in [4.78, 5) is 19.7. The highest BCUT2D eigenvalue weighted by Gasteiger charge is 2.52. The molecule has 1 aromatic heterocycles. The van der Waals surface area contributed by atoms with Gasteiger partial charge in [-0.3, -0.25) is 14.7 Å². The van der Waals surface area contributed by atoms with E-state index in [9.17, 15) is 19.6 Å². The molecule has 2 aromatic carbocycles. The average Bonchev–Trinajstić information content (AvgIpc) is 3.14. The van der Waals surface area contributed by atoms with Crippen molar-refractivity contribution in [3.63, 3.8) is 0 Å². The number of carbonyl (C=O) groups excluding carboxylic acids is 1. The normalized spacial score (nSPS) is 20.9. The van der Waals surface area contributed by atoms with Crippen molar-refractivity contribution in [3.8, 4) is 6.07 Å². The third-order valence-corrected chi connectivity index (χ3v) is 6.92. The number of nitriles is 1. The Bertz CT molecular complexity index is 1310. The van der Waals surface area contributed by atoms with Crippen molar-refractivity contribution in [2.24, 2.45) is 0 Å². The Labute approximate surface area is 208 Å². The van der Waals surface area contributed by atoms with Gasteiger partial charge in [-0.25, -0.2) is 4.39 Å². The van der Waals surface area contributed by atoms with Gasteiger partial charge < -0.3 is 9.84 Å². The molecule has 1 aliphatic carbocycles. The van der Waals surface area contributed by atoms with Crippen LogP contribution in [0, 0.1) is 17.1 Å². The Morgan fingerprint density at radius 3 is 2.59 bits per heavy atom. The molecule has 1 aliphatic heterocycles. The van der Waals surface area contributed by atoms with E-state index < -0.39 is 23.6 Å². The topological polar surface area (TPSA) is 86.5 Å². The molecule has 1 N–H and O–H groups in total. The minimum Gasteiger partial charge on any atom is -0.393 e. The van der Waals surface area contributed by atoms with Gasteiger partial charge >= 0.3 is 0 Å². The Morgan fingerprint density at radius 2 is 1.97 bits per heavy atom. The first-order valence-corrected chi connectivity index (χ1v) is 11.8. The second-order valence-electron chi connectivity index (χ2n) is 8.36. The summed E-state index contributed by atoms with van der Waals surface area (Å²) in [5, 5.41) is 19.7. The second-order valence-corrected chi connectivity index (χ2v) is 9.72. The van der Waals surface area contributed by atoms with Crippen LogP contribution in [0.3, 0.4) is 0 Å². The van der Waals surface area contributed by atoms with E-state index >= 15 is 0 Å². The highest BCUT2D eigenvalue weighted by molar-refractivity contribution is 9.10. The number of benzene rings is 2. The summed E-state index contributed by atoms with van der Waals surface area (Å²) in [6.07, 6.45) is 1.32. The number of nitrogens with zero attached hydrogens (tertiary/aromatic N) is 3. The first-order valence-electron chi connectivity index (χ1n) is 10.6. The minimum atomic E-state index is -1.54. The molecule has 2 aliphatic rings. The number of carbonyl (C=O) groups is 1. The molecule has 0 spiro atoms. The van der Waals surface area contributed by atoms with Crippen LogP contribution in [-0.2, 0) is 17.0 Å². The van der Waals surface area contributed by atoms with Gasteiger partial charge in [-0.2, -0.15) is 5.26 Å². The molecule has 9 heteroatoms. The number of pyridine rings is 1. The van der Waals surface area contributed by atoms with E-state index in [4.69, 9.17) is 16.3 Å². The van der Waals surface area contributed by atoms with Crippen LogP contribution in [0.15, 0.2) is 59.2 Å². The monoisotopic (exact) mass is 541 g/mol. The van der Waals surface area contributed by atoms with Crippen LogP contribution in [0.1, 0.15) is 45.6 Å². The molecule has 0 saturated heterocycles. The molecule has 0 radical (unpaired) electrons. The number of ether oxygens (including phenoxy) is 1. The Kier molecular flexibility index (Phi) is 5.90. The van der Waals surface area contributed by atoms with Gasteiger partial charge in [0.15, 0.2) is 0 Å². The first kappa shape index (κ1) is 22.9. The summed E-state index contributed by atoms with van der Waals surface area (Å²) in [5.74, 6) is -0.923. The van der Waals surface area contributed by atoms with Crippen LogP contribution in [0.2, 0.25) is 5.02 Å². The first-order chi connectivity index (χ1) is 16.3. The van der Waals surface area contributed by atoms with Crippen molar-refractivity contribution in [1.29, 1.82) is 5.26 Å². The zero-order chi connectivity index (χ0) is 24.0.